The van der Waals surface area contributed by atoms with Crippen molar-refractivity contribution in [1.82, 2.24) is 8.61 Å². The van der Waals surface area contributed by atoms with Crippen molar-refractivity contribution in [3.63, 3.8) is 0 Å². The van der Waals surface area contributed by atoms with Crippen LogP contribution in [0.3, 0.4) is 0 Å². The molecule has 0 atom stereocenters. The second-order valence-electron chi connectivity index (χ2n) is 6.22. The van der Waals surface area contributed by atoms with Gasteiger partial charge in [0.2, 0.25) is 20.0 Å². The summed E-state index contributed by atoms with van der Waals surface area (Å²) in [4.78, 5) is 0.271. The minimum atomic E-state index is -3.58. The van der Waals surface area contributed by atoms with E-state index in [0.717, 1.165) is 17.5 Å². The lowest BCUT2D eigenvalue weighted by molar-refractivity contribution is 0.272. The van der Waals surface area contributed by atoms with Gasteiger partial charge in [-0.05, 0) is 43.5 Å². The van der Waals surface area contributed by atoms with Crippen molar-refractivity contribution in [2.24, 2.45) is 0 Å². The van der Waals surface area contributed by atoms with Crippen molar-refractivity contribution in [3.05, 3.63) is 29.3 Å². The average molecular weight is 375 g/mol. The highest BCUT2D eigenvalue weighted by Gasteiger charge is 2.32. The Morgan fingerprint density at radius 2 is 1.50 bits per heavy atom. The smallest absolute Gasteiger partial charge is 0.212 e. The number of aryl methyl sites for hydroxylation is 2. The van der Waals surface area contributed by atoms with Gasteiger partial charge in [0.15, 0.2) is 0 Å². The molecule has 1 aromatic carbocycles. The molecule has 0 unspecified atom stereocenters. The summed E-state index contributed by atoms with van der Waals surface area (Å²) >= 11 is 0. The summed E-state index contributed by atoms with van der Waals surface area (Å²) in [6.45, 7) is 6.59. The molecule has 1 aromatic rings. The van der Waals surface area contributed by atoms with Gasteiger partial charge < -0.3 is 0 Å². The Bertz CT molecular complexity index is 780. The van der Waals surface area contributed by atoms with Gasteiger partial charge in [0.25, 0.3) is 0 Å². The monoisotopic (exact) mass is 374 g/mol. The lowest BCUT2D eigenvalue weighted by Crippen LogP contribution is -2.50. The van der Waals surface area contributed by atoms with Crippen LogP contribution < -0.4 is 0 Å². The number of benzene rings is 1. The number of unbranched alkanes of at least 4 members (excludes halogenated alkanes) is 1. The average Bonchev–Trinajstić information content (AvgIpc) is 2.55. The molecule has 0 spiro atoms. The second kappa shape index (κ2) is 7.51. The molecule has 0 N–H and O–H groups in total. The summed E-state index contributed by atoms with van der Waals surface area (Å²) in [5.74, 6) is 0.132. The third kappa shape index (κ3) is 4.17. The number of nitrogens with zero attached hydrogens (tertiary/aromatic N) is 2. The predicted octanol–water partition coefficient (Wildman–Crippen LogP) is 1.74. The molecular formula is C16H26N2O4S2. The van der Waals surface area contributed by atoms with Gasteiger partial charge in [-0.1, -0.05) is 19.4 Å². The maximum Gasteiger partial charge on any atom is 0.243 e. The van der Waals surface area contributed by atoms with Crippen LogP contribution in [0.15, 0.2) is 23.1 Å². The quantitative estimate of drug-likeness (QED) is 0.760. The van der Waals surface area contributed by atoms with Crippen molar-refractivity contribution >= 4 is 20.0 Å². The molecule has 136 valence electrons. The van der Waals surface area contributed by atoms with Crippen molar-refractivity contribution in [2.45, 2.75) is 38.5 Å². The van der Waals surface area contributed by atoms with Gasteiger partial charge in [-0.3, -0.25) is 0 Å². The van der Waals surface area contributed by atoms with Gasteiger partial charge in [-0.25, -0.2) is 16.8 Å². The van der Waals surface area contributed by atoms with Crippen LogP contribution in [0.1, 0.15) is 30.9 Å². The fourth-order valence-corrected chi connectivity index (χ4v) is 5.81. The third-order valence-corrected chi connectivity index (χ3v) is 8.31. The van der Waals surface area contributed by atoms with Gasteiger partial charge >= 0.3 is 0 Å². The highest BCUT2D eigenvalue weighted by atomic mass is 32.2. The van der Waals surface area contributed by atoms with Crippen LogP contribution >= 0.6 is 0 Å². The first-order chi connectivity index (χ1) is 11.2. The fourth-order valence-electron chi connectivity index (χ4n) is 2.67. The zero-order chi connectivity index (χ0) is 18.0. The van der Waals surface area contributed by atoms with Crippen LogP contribution in [0.5, 0.6) is 0 Å². The molecule has 1 aliphatic heterocycles. The van der Waals surface area contributed by atoms with E-state index in [1.165, 1.54) is 8.61 Å². The Morgan fingerprint density at radius 1 is 0.917 bits per heavy atom. The number of piperazine rings is 1. The zero-order valence-electron chi connectivity index (χ0n) is 14.5. The third-order valence-electron chi connectivity index (χ3n) is 4.46. The molecule has 1 saturated heterocycles. The molecule has 2 rings (SSSR count). The molecule has 0 aliphatic carbocycles. The van der Waals surface area contributed by atoms with Crippen LogP contribution in [0.4, 0.5) is 0 Å². The first kappa shape index (κ1) is 19.4. The summed E-state index contributed by atoms with van der Waals surface area (Å²) in [7, 11) is -6.85. The number of hydrogen-bond acceptors (Lipinski definition) is 4. The SMILES string of the molecule is CCCCS(=O)(=O)N1CCN(S(=O)(=O)c2ccc(C)c(C)c2)CC1. The summed E-state index contributed by atoms with van der Waals surface area (Å²) in [5.41, 5.74) is 1.97. The Morgan fingerprint density at radius 3 is 2.04 bits per heavy atom. The predicted molar refractivity (Wildman–Crippen MR) is 94.9 cm³/mol. The lowest BCUT2D eigenvalue weighted by atomic mass is 10.1. The molecule has 24 heavy (non-hydrogen) atoms. The normalized spacial score (nSPS) is 18.0. The van der Waals surface area contributed by atoms with Gasteiger partial charge in [0.05, 0.1) is 10.6 Å². The van der Waals surface area contributed by atoms with Crippen LogP contribution in [-0.2, 0) is 20.0 Å². The Hall–Kier alpha value is -0.960. The molecule has 1 fully saturated rings. The van der Waals surface area contributed by atoms with Gasteiger partial charge in [-0.15, -0.1) is 0 Å². The van der Waals surface area contributed by atoms with Gasteiger partial charge in [0.1, 0.15) is 0 Å². The highest BCUT2D eigenvalue weighted by molar-refractivity contribution is 7.89. The molecule has 8 heteroatoms. The molecule has 6 nitrogen and oxygen atoms in total. The summed E-state index contributed by atoms with van der Waals surface area (Å²) in [6.07, 6.45) is 1.45. The molecule has 0 aromatic heterocycles. The Labute approximate surface area is 145 Å². The molecular weight excluding hydrogens is 348 g/mol. The summed E-state index contributed by atoms with van der Waals surface area (Å²) < 4.78 is 52.7. The minimum absolute atomic E-state index is 0.132. The number of hydrogen-bond donors (Lipinski definition) is 0. The Balaban J connectivity index is 2.09. The van der Waals surface area contributed by atoms with Crippen LogP contribution in [0.25, 0.3) is 0 Å². The molecule has 0 radical (unpaired) electrons. The van der Waals surface area contributed by atoms with E-state index in [0.29, 0.717) is 6.42 Å². The van der Waals surface area contributed by atoms with Gasteiger partial charge in [-0.2, -0.15) is 8.61 Å². The van der Waals surface area contributed by atoms with Crippen LogP contribution in [0, 0.1) is 13.8 Å². The first-order valence-electron chi connectivity index (χ1n) is 8.23. The first-order valence-corrected chi connectivity index (χ1v) is 11.3. The van der Waals surface area contributed by atoms with Crippen molar-refractivity contribution in [1.29, 1.82) is 0 Å². The van der Waals surface area contributed by atoms with E-state index < -0.39 is 20.0 Å². The second-order valence-corrected chi connectivity index (χ2v) is 10.2. The molecule has 0 bridgehead atoms. The largest absolute Gasteiger partial charge is 0.243 e. The van der Waals surface area contributed by atoms with Crippen molar-refractivity contribution in [2.75, 3.05) is 31.9 Å². The number of rotatable bonds is 6. The Kier molecular flexibility index (Phi) is 6.06. The maximum atomic E-state index is 12.7. The maximum absolute atomic E-state index is 12.7. The van der Waals surface area contributed by atoms with Gasteiger partial charge in [0, 0.05) is 26.2 Å². The van der Waals surface area contributed by atoms with E-state index in [1.54, 1.807) is 18.2 Å². The summed E-state index contributed by atoms with van der Waals surface area (Å²) in [6, 6.07) is 5.09. The molecule has 0 saturated carbocycles. The lowest BCUT2D eigenvalue weighted by Gasteiger charge is -2.33. The minimum Gasteiger partial charge on any atom is -0.212 e. The van der Waals surface area contributed by atoms with E-state index in [-0.39, 0.29) is 36.8 Å². The highest BCUT2D eigenvalue weighted by Crippen LogP contribution is 2.21. The molecule has 1 heterocycles. The van der Waals surface area contributed by atoms with E-state index in [1.807, 2.05) is 20.8 Å². The van der Waals surface area contributed by atoms with Crippen molar-refractivity contribution in [3.8, 4) is 0 Å². The van der Waals surface area contributed by atoms with Crippen molar-refractivity contribution < 1.29 is 16.8 Å². The standard InChI is InChI=1S/C16H26N2O4S2/c1-4-5-12-23(19,20)17-8-10-18(11-9-17)24(21,22)16-7-6-14(2)15(3)13-16/h6-7,13H,4-5,8-12H2,1-3H3. The summed E-state index contributed by atoms with van der Waals surface area (Å²) in [5, 5.41) is 0. The van der Waals surface area contributed by atoms with Crippen LogP contribution in [-0.4, -0.2) is 57.4 Å². The zero-order valence-corrected chi connectivity index (χ0v) is 16.2. The fraction of sp³-hybridized carbons (Fsp3) is 0.625. The number of sulfonamides is 2. The van der Waals surface area contributed by atoms with Crippen LogP contribution in [0.2, 0.25) is 0 Å². The molecule has 0 amide bonds. The molecule has 1 aliphatic rings. The van der Waals surface area contributed by atoms with E-state index in [2.05, 4.69) is 0 Å². The van der Waals surface area contributed by atoms with E-state index in [4.69, 9.17) is 0 Å². The topological polar surface area (TPSA) is 74.8 Å². The van der Waals surface area contributed by atoms with E-state index >= 15 is 0 Å². The van der Waals surface area contributed by atoms with E-state index in [9.17, 15) is 16.8 Å².